The SMILES string of the molecule is CCc1cc(C(=O)NN2C(=O)[C@@H]3[C@@H](C2=O)[C@H]2CC[C@@H]3O2)cs1. The predicted octanol–water partition coefficient (Wildman–Crippen LogP) is 1.12. The van der Waals surface area contributed by atoms with Gasteiger partial charge in [0, 0.05) is 10.3 Å². The smallest absolute Gasteiger partial charge is 0.271 e. The van der Waals surface area contributed by atoms with Crippen molar-refractivity contribution < 1.29 is 19.1 Å². The number of hydrogen-bond acceptors (Lipinski definition) is 5. The zero-order valence-electron chi connectivity index (χ0n) is 12.1. The highest BCUT2D eigenvalue weighted by molar-refractivity contribution is 7.10. The van der Waals surface area contributed by atoms with Crippen LogP contribution in [0.3, 0.4) is 0 Å². The molecule has 1 aromatic heterocycles. The van der Waals surface area contributed by atoms with E-state index in [0.29, 0.717) is 5.56 Å². The Labute approximate surface area is 131 Å². The molecule has 3 saturated heterocycles. The van der Waals surface area contributed by atoms with E-state index in [0.717, 1.165) is 29.1 Å². The van der Waals surface area contributed by atoms with Gasteiger partial charge in [-0.1, -0.05) is 6.92 Å². The van der Waals surface area contributed by atoms with Gasteiger partial charge in [0.1, 0.15) is 0 Å². The van der Waals surface area contributed by atoms with Crippen molar-refractivity contribution >= 4 is 29.1 Å². The second kappa shape index (κ2) is 4.89. The minimum atomic E-state index is -0.416. The zero-order chi connectivity index (χ0) is 15.4. The fourth-order valence-corrected chi connectivity index (χ4v) is 4.49. The van der Waals surface area contributed by atoms with Crippen LogP contribution in [0, 0.1) is 11.8 Å². The molecule has 4 heterocycles. The third-order valence-corrected chi connectivity index (χ3v) is 5.84. The summed E-state index contributed by atoms with van der Waals surface area (Å²) < 4.78 is 5.66. The lowest BCUT2D eigenvalue weighted by atomic mass is 9.81. The zero-order valence-corrected chi connectivity index (χ0v) is 12.9. The molecule has 0 saturated carbocycles. The lowest BCUT2D eigenvalue weighted by molar-refractivity contribution is -0.145. The number of rotatable bonds is 3. The number of carbonyl (C=O) groups excluding carboxylic acids is 3. The van der Waals surface area contributed by atoms with Crippen molar-refractivity contribution in [3.05, 3.63) is 21.9 Å². The maximum absolute atomic E-state index is 12.4. The van der Waals surface area contributed by atoms with Gasteiger partial charge in [-0.05, 0) is 25.3 Å². The van der Waals surface area contributed by atoms with Gasteiger partial charge in [-0.2, -0.15) is 5.01 Å². The van der Waals surface area contributed by atoms with Crippen molar-refractivity contribution in [1.29, 1.82) is 0 Å². The molecule has 0 radical (unpaired) electrons. The van der Waals surface area contributed by atoms with E-state index in [1.54, 1.807) is 11.4 Å². The van der Waals surface area contributed by atoms with Gasteiger partial charge in [0.15, 0.2) is 0 Å². The number of hydrogen-bond donors (Lipinski definition) is 1. The van der Waals surface area contributed by atoms with Crippen LogP contribution in [0.25, 0.3) is 0 Å². The summed E-state index contributed by atoms with van der Waals surface area (Å²) in [5, 5.41) is 2.65. The lowest BCUT2D eigenvalue weighted by Gasteiger charge is -2.17. The number of hydrazine groups is 1. The van der Waals surface area contributed by atoms with Gasteiger partial charge in [-0.25, -0.2) is 0 Å². The first-order valence-corrected chi connectivity index (χ1v) is 8.39. The van der Waals surface area contributed by atoms with Crippen molar-refractivity contribution in [2.45, 2.75) is 38.4 Å². The van der Waals surface area contributed by atoms with Gasteiger partial charge in [0.2, 0.25) is 0 Å². The highest BCUT2D eigenvalue weighted by Gasteiger charge is 2.62. The van der Waals surface area contributed by atoms with Crippen LogP contribution in [0.15, 0.2) is 11.4 Å². The van der Waals surface area contributed by atoms with Crippen LogP contribution >= 0.6 is 11.3 Å². The molecule has 4 atom stereocenters. The van der Waals surface area contributed by atoms with E-state index in [9.17, 15) is 14.4 Å². The van der Waals surface area contributed by atoms with E-state index in [-0.39, 0.29) is 24.0 Å². The summed E-state index contributed by atoms with van der Waals surface area (Å²) in [6, 6.07) is 1.79. The number of nitrogens with one attached hydrogen (secondary N) is 1. The molecule has 2 bridgehead atoms. The first-order valence-electron chi connectivity index (χ1n) is 7.51. The number of fused-ring (bicyclic) bond motifs is 5. The fraction of sp³-hybridized carbons (Fsp3) is 0.533. The highest BCUT2D eigenvalue weighted by atomic mass is 32.1. The molecular formula is C15H16N2O4S. The van der Waals surface area contributed by atoms with Gasteiger partial charge in [0.05, 0.1) is 29.6 Å². The number of carbonyl (C=O) groups is 3. The Morgan fingerprint density at radius 1 is 1.32 bits per heavy atom. The number of ether oxygens (including phenoxy) is 1. The van der Waals surface area contributed by atoms with Crippen LogP contribution < -0.4 is 5.43 Å². The Bertz CT molecular complexity index is 642. The van der Waals surface area contributed by atoms with Crippen molar-refractivity contribution in [3.8, 4) is 0 Å². The Kier molecular flexibility index (Phi) is 3.09. The van der Waals surface area contributed by atoms with E-state index < -0.39 is 17.7 Å². The van der Waals surface area contributed by atoms with Gasteiger partial charge in [-0.15, -0.1) is 11.3 Å². The van der Waals surface area contributed by atoms with Crippen LogP contribution in [-0.2, 0) is 20.7 Å². The summed E-state index contributed by atoms with van der Waals surface area (Å²) in [6.07, 6.45) is 2.15. The fourth-order valence-electron chi connectivity index (χ4n) is 3.67. The summed E-state index contributed by atoms with van der Waals surface area (Å²) in [4.78, 5) is 38.2. The van der Waals surface area contributed by atoms with E-state index in [1.807, 2.05) is 6.92 Å². The molecule has 7 heteroatoms. The van der Waals surface area contributed by atoms with Gasteiger partial charge in [0.25, 0.3) is 17.7 Å². The van der Waals surface area contributed by atoms with E-state index in [1.165, 1.54) is 11.3 Å². The van der Waals surface area contributed by atoms with Crippen LogP contribution in [0.4, 0.5) is 0 Å². The molecular weight excluding hydrogens is 304 g/mol. The molecule has 116 valence electrons. The monoisotopic (exact) mass is 320 g/mol. The predicted molar refractivity (Wildman–Crippen MR) is 77.9 cm³/mol. The van der Waals surface area contributed by atoms with Crippen molar-refractivity contribution in [1.82, 2.24) is 10.4 Å². The molecule has 1 N–H and O–H groups in total. The van der Waals surface area contributed by atoms with Crippen LogP contribution in [0.2, 0.25) is 0 Å². The minimum absolute atomic E-state index is 0.166. The standard InChI is InChI=1S/C15H16N2O4S/c1-2-8-5-7(6-22-8)13(18)16-17-14(19)11-9-3-4-10(21-9)12(11)15(17)20/h5-6,9-12H,2-4H2,1H3,(H,16,18)/t9-,10+,11-,12-/m0/s1. The van der Waals surface area contributed by atoms with Crippen LogP contribution in [0.5, 0.6) is 0 Å². The molecule has 4 rings (SSSR count). The average molecular weight is 320 g/mol. The Morgan fingerprint density at radius 3 is 2.50 bits per heavy atom. The Balaban J connectivity index is 1.52. The molecule has 0 unspecified atom stereocenters. The summed E-state index contributed by atoms with van der Waals surface area (Å²) >= 11 is 1.50. The van der Waals surface area contributed by atoms with Crippen LogP contribution in [-0.4, -0.2) is 34.9 Å². The lowest BCUT2D eigenvalue weighted by Crippen LogP contribution is -2.47. The number of aryl methyl sites for hydroxylation is 1. The van der Waals surface area contributed by atoms with E-state index >= 15 is 0 Å². The average Bonchev–Trinajstić information content (AvgIpc) is 3.26. The molecule has 1 aromatic rings. The molecule has 3 aliphatic rings. The summed E-state index contributed by atoms with van der Waals surface area (Å²) in [5.41, 5.74) is 2.96. The van der Waals surface area contributed by atoms with Gasteiger partial charge < -0.3 is 4.74 Å². The summed E-state index contributed by atoms with van der Waals surface area (Å²) in [6.45, 7) is 2.01. The number of amides is 3. The topological polar surface area (TPSA) is 75.7 Å². The second-order valence-electron chi connectivity index (χ2n) is 5.95. The minimum Gasteiger partial charge on any atom is -0.373 e. The number of imide groups is 1. The molecule has 0 spiro atoms. The molecule has 3 aliphatic heterocycles. The first kappa shape index (κ1) is 13.9. The normalized spacial score (nSPS) is 32.7. The third-order valence-electron chi connectivity index (χ3n) is 4.76. The number of nitrogens with zero attached hydrogens (tertiary/aromatic N) is 1. The van der Waals surface area contributed by atoms with E-state index in [2.05, 4.69) is 5.43 Å². The third kappa shape index (κ3) is 1.85. The largest absolute Gasteiger partial charge is 0.373 e. The molecule has 3 amide bonds. The van der Waals surface area contributed by atoms with Crippen molar-refractivity contribution in [3.63, 3.8) is 0 Å². The van der Waals surface area contributed by atoms with E-state index in [4.69, 9.17) is 4.74 Å². The Morgan fingerprint density at radius 2 is 1.95 bits per heavy atom. The van der Waals surface area contributed by atoms with Gasteiger partial charge in [-0.3, -0.25) is 19.8 Å². The molecule has 3 fully saturated rings. The maximum Gasteiger partial charge on any atom is 0.271 e. The van der Waals surface area contributed by atoms with Crippen molar-refractivity contribution in [2.75, 3.05) is 0 Å². The summed E-state index contributed by atoms with van der Waals surface area (Å²) in [7, 11) is 0. The quantitative estimate of drug-likeness (QED) is 0.847. The molecule has 22 heavy (non-hydrogen) atoms. The number of thiophene rings is 1. The van der Waals surface area contributed by atoms with Gasteiger partial charge >= 0.3 is 0 Å². The Hall–Kier alpha value is -1.73. The summed E-state index contributed by atoms with van der Waals surface area (Å²) in [5.74, 6) is -1.91. The van der Waals surface area contributed by atoms with Crippen molar-refractivity contribution in [2.24, 2.45) is 11.8 Å². The molecule has 0 aromatic carbocycles. The second-order valence-corrected chi connectivity index (χ2v) is 6.95. The maximum atomic E-state index is 12.4. The van der Waals surface area contributed by atoms with Crippen LogP contribution in [0.1, 0.15) is 35.0 Å². The molecule has 0 aliphatic carbocycles. The first-order chi connectivity index (χ1) is 10.6. The highest BCUT2D eigenvalue weighted by Crippen LogP contribution is 2.48. The molecule has 6 nitrogen and oxygen atoms in total.